The van der Waals surface area contributed by atoms with Crippen molar-refractivity contribution in [2.45, 2.75) is 52.1 Å². The summed E-state index contributed by atoms with van der Waals surface area (Å²) in [6.45, 7) is 6.26. The van der Waals surface area contributed by atoms with Crippen LogP contribution in [-0.4, -0.2) is 45.3 Å². The van der Waals surface area contributed by atoms with Gasteiger partial charge in [0, 0.05) is 45.6 Å². The van der Waals surface area contributed by atoms with Gasteiger partial charge in [-0.25, -0.2) is 4.79 Å². The number of rotatable bonds is 9. The minimum Gasteiger partial charge on any atom is -0.385 e. The van der Waals surface area contributed by atoms with Crippen molar-refractivity contribution in [1.82, 2.24) is 16.0 Å². The molecule has 8 heteroatoms. The molecule has 0 saturated heterocycles. The molecule has 2 amide bonds. The Kier molecular flexibility index (Phi) is 11.3. The largest absolute Gasteiger partial charge is 0.385 e. The summed E-state index contributed by atoms with van der Waals surface area (Å²) in [6, 6.07) is 7.72. The Morgan fingerprint density at radius 1 is 1.21 bits per heavy atom. The SMILES string of the molecule is CN=C(NCc1ccc(NC(=O)NC(C)C)cc1)NCC1(CCOC)CCC1.I. The number of benzene rings is 1. The van der Waals surface area contributed by atoms with Crippen molar-refractivity contribution in [3.8, 4) is 0 Å². The highest BCUT2D eigenvalue weighted by Gasteiger charge is 2.36. The summed E-state index contributed by atoms with van der Waals surface area (Å²) in [5.74, 6) is 0.808. The van der Waals surface area contributed by atoms with Crippen molar-refractivity contribution in [3.63, 3.8) is 0 Å². The highest BCUT2D eigenvalue weighted by molar-refractivity contribution is 14.0. The number of hydrogen-bond donors (Lipinski definition) is 4. The van der Waals surface area contributed by atoms with Gasteiger partial charge in [-0.05, 0) is 56.2 Å². The van der Waals surface area contributed by atoms with E-state index in [0.29, 0.717) is 12.0 Å². The third-order valence-electron chi connectivity index (χ3n) is 5.20. The maximum absolute atomic E-state index is 11.7. The minimum atomic E-state index is -0.191. The van der Waals surface area contributed by atoms with Crippen LogP contribution in [0.3, 0.4) is 0 Å². The lowest BCUT2D eigenvalue weighted by Crippen LogP contribution is -2.46. The molecule has 1 aliphatic carbocycles. The maximum Gasteiger partial charge on any atom is 0.319 e. The van der Waals surface area contributed by atoms with Crippen LogP contribution in [0.15, 0.2) is 29.3 Å². The molecule has 164 valence electrons. The molecule has 0 aromatic heterocycles. The first-order valence-electron chi connectivity index (χ1n) is 10.1. The lowest BCUT2D eigenvalue weighted by Gasteiger charge is -2.42. The van der Waals surface area contributed by atoms with Crippen LogP contribution < -0.4 is 21.3 Å². The summed E-state index contributed by atoms with van der Waals surface area (Å²) < 4.78 is 5.26. The number of hydrogen-bond acceptors (Lipinski definition) is 3. The monoisotopic (exact) mass is 517 g/mol. The van der Waals surface area contributed by atoms with E-state index in [4.69, 9.17) is 4.74 Å². The van der Waals surface area contributed by atoms with Gasteiger partial charge in [-0.1, -0.05) is 18.6 Å². The quantitative estimate of drug-likeness (QED) is 0.229. The molecule has 0 bridgehead atoms. The lowest BCUT2D eigenvalue weighted by molar-refractivity contribution is 0.0732. The van der Waals surface area contributed by atoms with E-state index in [-0.39, 0.29) is 36.0 Å². The van der Waals surface area contributed by atoms with Crippen LogP contribution in [0.4, 0.5) is 10.5 Å². The Balaban J connectivity index is 0.00000420. The number of guanidine groups is 1. The van der Waals surface area contributed by atoms with E-state index < -0.39 is 0 Å². The predicted molar refractivity (Wildman–Crippen MR) is 130 cm³/mol. The van der Waals surface area contributed by atoms with Crippen molar-refractivity contribution < 1.29 is 9.53 Å². The number of methoxy groups -OCH3 is 1. The average Bonchev–Trinajstić information content (AvgIpc) is 2.63. The summed E-state index contributed by atoms with van der Waals surface area (Å²) in [6.07, 6.45) is 4.89. The Morgan fingerprint density at radius 2 is 1.90 bits per heavy atom. The molecule has 0 spiro atoms. The van der Waals surface area contributed by atoms with Crippen LogP contribution in [-0.2, 0) is 11.3 Å². The number of aliphatic imine (C=N–C) groups is 1. The molecule has 0 atom stereocenters. The number of nitrogens with zero attached hydrogens (tertiary/aromatic N) is 1. The summed E-state index contributed by atoms with van der Waals surface area (Å²) >= 11 is 0. The molecule has 1 aromatic carbocycles. The second kappa shape index (κ2) is 12.9. The fourth-order valence-corrected chi connectivity index (χ4v) is 3.32. The van der Waals surface area contributed by atoms with Crippen LogP contribution in [0, 0.1) is 5.41 Å². The number of urea groups is 1. The van der Waals surface area contributed by atoms with Crippen LogP contribution in [0.25, 0.3) is 0 Å². The van der Waals surface area contributed by atoms with Gasteiger partial charge < -0.3 is 26.0 Å². The number of amides is 2. The van der Waals surface area contributed by atoms with Crippen molar-refractivity contribution in [1.29, 1.82) is 0 Å². The number of nitrogens with one attached hydrogen (secondary N) is 4. The zero-order valence-electron chi connectivity index (χ0n) is 18.0. The van der Waals surface area contributed by atoms with Crippen molar-refractivity contribution in [3.05, 3.63) is 29.8 Å². The summed E-state index contributed by atoms with van der Waals surface area (Å²) in [5.41, 5.74) is 2.24. The van der Waals surface area contributed by atoms with Crippen molar-refractivity contribution >= 4 is 41.7 Å². The molecule has 0 heterocycles. The van der Waals surface area contributed by atoms with E-state index in [1.807, 2.05) is 38.1 Å². The molecule has 0 aliphatic heterocycles. The molecule has 1 fully saturated rings. The molecule has 0 radical (unpaired) electrons. The van der Waals surface area contributed by atoms with E-state index in [1.165, 1.54) is 19.3 Å². The van der Waals surface area contributed by atoms with Gasteiger partial charge in [0.25, 0.3) is 0 Å². The second-order valence-electron chi connectivity index (χ2n) is 7.83. The Hall–Kier alpha value is -1.55. The van der Waals surface area contributed by atoms with Gasteiger partial charge in [-0.3, -0.25) is 4.99 Å². The molecule has 2 rings (SSSR count). The fourth-order valence-electron chi connectivity index (χ4n) is 3.32. The van der Waals surface area contributed by atoms with Crippen LogP contribution in [0.2, 0.25) is 0 Å². The van der Waals surface area contributed by atoms with E-state index in [0.717, 1.165) is 36.8 Å². The first kappa shape index (κ1) is 25.5. The van der Waals surface area contributed by atoms with E-state index >= 15 is 0 Å². The molecule has 1 aliphatic rings. The number of halogens is 1. The molecular weight excluding hydrogens is 481 g/mol. The molecular formula is C21H36IN5O2. The first-order chi connectivity index (χ1) is 13.5. The predicted octanol–water partition coefficient (Wildman–Crippen LogP) is 3.71. The number of carbonyl (C=O) groups excluding carboxylic acids is 1. The molecule has 7 nitrogen and oxygen atoms in total. The Morgan fingerprint density at radius 3 is 2.41 bits per heavy atom. The van der Waals surface area contributed by atoms with Crippen LogP contribution in [0.1, 0.15) is 45.1 Å². The van der Waals surface area contributed by atoms with Crippen LogP contribution in [0.5, 0.6) is 0 Å². The van der Waals surface area contributed by atoms with Gasteiger partial charge in [0.1, 0.15) is 0 Å². The van der Waals surface area contributed by atoms with Crippen LogP contribution >= 0.6 is 24.0 Å². The van der Waals surface area contributed by atoms with Gasteiger partial charge in [-0.2, -0.15) is 0 Å². The summed E-state index contributed by atoms with van der Waals surface area (Å²) in [4.78, 5) is 16.1. The normalized spacial score (nSPS) is 15.1. The van der Waals surface area contributed by atoms with Crippen molar-refractivity contribution in [2.24, 2.45) is 10.4 Å². The minimum absolute atomic E-state index is 0. The number of carbonyl (C=O) groups is 1. The van der Waals surface area contributed by atoms with E-state index in [2.05, 4.69) is 26.3 Å². The zero-order valence-corrected chi connectivity index (χ0v) is 20.3. The first-order valence-corrected chi connectivity index (χ1v) is 10.1. The molecule has 0 unspecified atom stereocenters. The van der Waals surface area contributed by atoms with Gasteiger partial charge in [-0.15, -0.1) is 24.0 Å². The number of ether oxygens (including phenoxy) is 1. The maximum atomic E-state index is 11.7. The standard InChI is InChI=1S/C21H35N5O2.HI/c1-16(2)25-20(27)26-18-8-6-17(7-9-18)14-23-19(22-3)24-15-21(10-5-11-21)12-13-28-4;/h6-9,16H,5,10-15H2,1-4H3,(H2,22,23,24)(H2,25,26,27);1H. The summed E-state index contributed by atoms with van der Waals surface area (Å²) in [7, 11) is 3.55. The second-order valence-corrected chi connectivity index (χ2v) is 7.83. The molecule has 29 heavy (non-hydrogen) atoms. The van der Waals surface area contributed by atoms with Gasteiger partial charge in [0.15, 0.2) is 5.96 Å². The van der Waals surface area contributed by atoms with Gasteiger partial charge in [0.05, 0.1) is 0 Å². The van der Waals surface area contributed by atoms with Crippen molar-refractivity contribution in [2.75, 3.05) is 32.6 Å². The molecule has 1 saturated carbocycles. The Bertz CT molecular complexity index is 645. The third-order valence-corrected chi connectivity index (χ3v) is 5.20. The topological polar surface area (TPSA) is 86.8 Å². The van der Waals surface area contributed by atoms with E-state index in [9.17, 15) is 4.79 Å². The smallest absolute Gasteiger partial charge is 0.319 e. The van der Waals surface area contributed by atoms with Gasteiger partial charge in [0.2, 0.25) is 0 Å². The molecule has 1 aromatic rings. The Labute approximate surface area is 191 Å². The van der Waals surface area contributed by atoms with E-state index in [1.54, 1.807) is 14.2 Å². The highest BCUT2D eigenvalue weighted by Crippen LogP contribution is 2.43. The molecule has 4 N–H and O–H groups in total. The van der Waals surface area contributed by atoms with Gasteiger partial charge >= 0.3 is 6.03 Å². The zero-order chi connectivity index (χ0) is 20.4. The fraction of sp³-hybridized carbons (Fsp3) is 0.619. The lowest BCUT2D eigenvalue weighted by atomic mass is 9.67. The highest BCUT2D eigenvalue weighted by atomic mass is 127. The summed E-state index contributed by atoms with van der Waals surface area (Å²) in [5, 5.41) is 12.5. The number of anilines is 1. The third kappa shape index (κ3) is 8.77. The average molecular weight is 517 g/mol.